The van der Waals surface area contributed by atoms with Crippen LogP contribution in [0, 0.1) is 0 Å². The van der Waals surface area contributed by atoms with E-state index in [1.165, 1.54) is 11.3 Å². The summed E-state index contributed by atoms with van der Waals surface area (Å²) >= 11 is 7.87. The highest BCUT2D eigenvalue weighted by molar-refractivity contribution is 7.07. The number of halogens is 1. The number of nitrogens with zero attached hydrogens (tertiary/aromatic N) is 2. The molecule has 1 unspecified atom stereocenters. The van der Waals surface area contributed by atoms with E-state index in [2.05, 4.69) is 4.99 Å². The second-order valence-electron chi connectivity index (χ2n) is 9.19. The predicted octanol–water partition coefficient (Wildman–Crippen LogP) is 5.39. The lowest BCUT2D eigenvalue weighted by atomic mass is 9.96. The van der Waals surface area contributed by atoms with E-state index in [4.69, 9.17) is 21.1 Å². The molecular formula is C30H27ClN2O4S. The van der Waals surface area contributed by atoms with Crippen molar-refractivity contribution in [3.8, 4) is 5.75 Å². The largest absolute Gasteiger partial charge is 0.490 e. The number of fused-ring (bicyclic) bond motifs is 2. The molecule has 1 aromatic heterocycles. The lowest BCUT2D eigenvalue weighted by Crippen LogP contribution is -2.40. The van der Waals surface area contributed by atoms with Crippen LogP contribution in [-0.4, -0.2) is 23.2 Å². The smallest absolute Gasteiger partial charge is 0.338 e. The molecule has 0 bridgehead atoms. The van der Waals surface area contributed by atoms with Crippen molar-refractivity contribution in [3.05, 3.63) is 108 Å². The quantitative estimate of drug-likeness (QED) is 0.304. The summed E-state index contributed by atoms with van der Waals surface area (Å²) in [6, 6.07) is 18.4. The van der Waals surface area contributed by atoms with Crippen LogP contribution in [-0.2, 0) is 9.53 Å². The van der Waals surface area contributed by atoms with Crippen LogP contribution in [0.5, 0.6) is 5.75 Å². The zero-order valence-corrected chi connectivity index (χ0v) is 23.1. The molecule has 0 amide bonds. The number of aromatic nitrogens is 1. The van der Waals surface area contributed by atoms with Crippen molar-refractivity contribution in [3.63, 3.8) is 0 Å². The Kier molecular flexibility index (Phi) is 7.23. The third-order valence-corrected chi connectivity index (χ3v) is 7.61. The lowest BCUT2D eigenvalue weighted by molar-refractivity contribution is -0.139. The number of ether oxygens (including phenoxy) is 2. The van der Waals surface area contributed by atoms with E-state index in [1.54, 1.807) is 24.5 Å². The highest BCUT2D eigenvalue weighted by Crippen LogP contribution is 2.35. The Morgan fingerprint density at radius 1 is 1.13 bits per heavy atom. The van der Waals surface area contributed by atoms with Crippen molar-refractivity contribution in [1.29, 1.82) is 0 Å². The first kappa shape index (κ1) is 25.9. The van der Waals surface area contributed by atoms with Crippen LogP contribution in [0.4, 0.5) is 0 Å². The van der Waals surface area contributed by atoms with Gasteiger partial charge in [0, 0.05) is 10.6 Å². The standard InChI is InChI=1S/C30H27ClN2O4S/c1-5-36-29(35)26-18(4)32-30-33(27(26)21-12-8-9-13-23(21)31)28(34)25(38-30)16-22-20-11-7-6-10-19(20)14-15-24(22)37-17(2)3/h6-17,27H,5H2,1-4H3/b25-16+. The minimum absolute atomic E-state index is 0.0421. The monoisotopic (exact) mass is 546 g/mol. The predicted molar refractivity (Wildman–Crippen MR) is 152 cm³/mol. The lowest BCUT2D eigenvalue weighted by Gasteiger charge is -2.25. The van der Waals surface area contributed by atoms with Gasteiger partial charge in [-0.15, -0.1) is 0 Å². The van der Waals surface area contributed by atoms with Crippen LogP contribution in [0.3, 0.4) is 0 Å². The van der Waals surface area contributed by atoms with Gasteiger partial charge in [0.25, 0.3) is 5.56 Å². The molecule has 0 aliphatic carbocycles. The van der Waals surface area contributed by atoms with Gasteiger partial charge in [0.05, 0.1) is 28.5 Å². The second-order valence-corrected chi connectivity index (χ2v) is 10.6. The third-order valence-electron chi connectivity index (χ3n) is 6.29. The van der Waals surface area contributed by atoms with Crippen LogP contribution < -0.4 is 19.6 Å². The van der Waals surface area contributed by atoms with Crippen molar-refractivity contribution < 1.29 is 14.3 Å². The van der Waals surface area contributed by atoms with E-state index in [1.807, 2.05) is 74.5 Å². The highest BCUT2D eigenvalue weighted by atomic mass is 35.5. The maximum absolute atomic E-state index is 14.0. The molecule has 0 N–H and O–H groups in total. The fourth-order valence-corrected chi connectivity index (χ4v) is 5.96. The van der Waals surface area contributed by atoms with Crippen molar-refractivity contribution in [1.82, 2.24) is 4.57 Å². The van der Waals surface area contributed by atoms with Crippen LogP contribution in [0.1, 0.15) is 44.9 Å². The third kappa shape index (κ3) is 4.68. The van der Waals surface area contributed by atoms with E-state index < -0.39 is 12.0 Å². The van der Waals surface area contributed by atoms with E-state index in [9.17, 15) is 9.59 Å². The molecule has 4 aromatic rings. The molecule has 2 heterocycles. The maximum atomic E-state index is 14.0. The number of carbonyl (C=O) groups excluding carboxylic acids is 1. The van der Waals surface area contributed by atoms with Crippen LogP contribution in [0.25, 0.3) is 16.8 Å². The Morgan fingerprint density at radius 3 is 2.61 bits per heavy atom. The van der Waals surface area contributed by atoms with Crippen LogP contribution in [0.2, 0.25) is 5.02 Å². The first-order chi connectivity index (χ1) is 18.3. The molecule has 38 heavy (non-hydrogen) atoms. The van der Waals surface area contributed by atoms with E-state index in [-0.39, 0.29) is 18.3 Å². The Hall–Kier alpha value is -3.68. The number of hydrogen-bond acceptors (Lipinski definition) is 6. The number of thiazole rings is 1. The molecule has 1 aliphatic rings. The van der Waals surface area contributed by atoms with Gasteiger partial charge < -0.3 is 9.47 Å². The summed E-state index contributed by atoms with van der Waals surface area (Å²) in [5, 5.41) is 2.46. The van der Waals surface area contributed by atoms with Gasteiger partial charge in [0.1, 0.15) is 11.8 Å². The van der Waals surface area contributed by atoms with Gasteiger partial charge in [-0.3, -0.25) is 9.36 Å². The van der Waals surface area contributed by atoms with Crippen LogP contribution in [0.15, 0.2) is 81.7 Å². The number of benzene rings is 3. The molecule has 5 rings (SSSR count). The first-order valence-electron chi connectivity index (χ1n) is 12.4. The fourth-order valence-electron chi connectivity index (χ4n) is 4.69. The fraction of sp³-hybridized carbons (Fsp3) is 0.233. The van der Waals surface area contributed by atoms with Crippen molar-refractivity contribution in [2.75, 3.05) is 6.61 Å². The number of hydrogen-bond donors (Lipinski definition) is 0. The minimum atomic E-state index is -0.764. The van der Waals surface area contributed by atoms with E-state index in [0.717, 1.165) is 16.3 Å². The van der Waals surface area contributed by atoms with Gasteiger partial charge in [-0.1, -0.05) is 71.5 Å². The Bertz CT molecular complexity index is 1770. The van der Waals surface area contributed by atoms with Gasteiger partial charge >= 0.3 is 5.97 Å². The van der Waals surface area contributed by atoms with Gasteiger partial charge in [-0.05, 0) is 62.2 Å². The molecule has 0 saturated carbocycles. The summed E-state index contributed by atoms with van der Waals surface area (Å²) < 4.78 is 13.5. The van der Waals surface area contributed by atoms with Crippen molar-refractivity contribution >= 4 is 45.8 Å². The topological polar surface area (TPSA) is 69.9 Å². The first-order valence-corrected chi connectivity index (χ1v) is 13.6. The molecule has 8 heteroatoms. The Labute approximate surface area is 229 Å². The van der Waals surface area contributed by atoms with E-state index >= 15 is 0 Å². The number of carbonyl (C=O) groups is 1. The maximum Gasteiger partial charge on any atom is 0.338 e. The summed E-state index contributed by atoms with van der Waals surface area (Å²) in [6.07, 6.45) is 1.82. The zero-order valence-electron chi connectivity index (χ0n) is 21.5. The molecule has 0 saturated heterocycles. The summed E-state index contributed by atoms with van der Waals surface area (Å²) in [5.41, 5.74) is 1.98. The molecule has 3 aromatic carbocycles. The highest BCUT2D eigenvalue weighted by Gasteiger charge is 2.34. The summed E-state index contributed by atoms with van der Waals surface area (Å²) in [6.45, 7) is 7.64. The van der Waals surface area contributed by atoms with Gasteiger partial charge in [0.15, 0.2) is 4.80 Å². The molecule has 6 nitrogen and oxygen atoms in total. The molecule has 0 spiro atoms. The number of esters is 1. The average Bonchev–Trinajstić information content (AvgIpc) is 3.19. The Morgan fingerprint density at radius 2 is 1.87 bits per heavy atom. The second kappa shape index (κ2) is 10.6. The molecular weight excluding hydrogens is 520 g/mol. The van der Waals surface area contributed by atoms with Crippen LogP contribution >= 0.6 is 22.9 Å². The van der Waals surface area contributed by atoms with Gasteiger partial charge in [-0.25, -0.2) is 9.79 Å². The Balaban J connectivity index is 1.79. The average molecular weight is 547 g/mol. The number of allylic oxidation sites excluding steroid dienone is 1. The number of rotatable bonds is 6. The van der Waals surface area contributed by atoms with Crippen molar-refractivity contribution in [2.24, 2.45) is 4.99 Å². The normalized spacial score (nSPS) is 15.5. The van der Waals surface area contributed by atoms with E-state index in [0.29, 0.717) is 36.9 Å². The molecule has 0 radical (unpaired) electrons. The van der Waals surface area contributed by atoms with Crippen molar-refractivity contribution in [2.45, 2.75) is 39.8 Å². The van der Waals surface area contributed by atoms with Gasteiger partial charge in [-0.2, -0.15) is 0 Å². The molecule has 1 aliphatic heterocycles. The summed E-state index contributed by atoms with van der Waals surface area (Å²) in [4.78, 5) is 32.3. The molecule has 1 atom stereocenters. The summed E-state index contributed by atoms with van der Waals surface area (Å²) in [7, 11) is 0. The molecule has 0 fully saturated rings. The zero-order chi connectivity index (χ0) is 27.0. The summed E-state index contributed by atoms with van der Waals surface area (Å²) in [5.74, 6) is 0.171. The molecule has 194 valence electrons. The van der Waals surface area contributed by atoms with Gasteiger partial charge in [0.2, 0.25) is 0 Å². The minimum Gasteiger partial charge on any atom is -0.490 e. The SMILES string of the molecule is CCOC(=O)C1=C(C)N=c2s/c(=C/c3c(OC(C)C)ccc4ccccc34)c(=O)n2C1c1ccccc1Cl.